The Morgan fingerprint density at radius 3 is 2.41 bits per heavy atom. The van der Waals surface area contributed by atoms with Crippen molar-refractivity contribution >= 4 is 11.8 Å². The number of nitrogens with zero attached hydrogens (tertiary/aromatic N) is 2. The molecule has 0 radical (unpaired) electrons. The topological polar surface area (TPSA) is 60.9 Å². The van der Waals surface area contributed by atoms with Crippen LogP contribution in [0, 0.1) is 0 Å². The van der Waals surface area contributed by atoms with Gasteiger partial charge in [-0.3, -0.25) is 9.59 Å². The predicted molar refractivity (Wildman–Crippen MR) is 82.3 cm³/mol. The molecule has 2 aliphatic heterocycles. The molecule has 2 aliphatic rings. The van der Waals surface area contributed by atoms with Crippen molar-refractivity contribution < 1.29 is 14.7 Å². The number of hydrogen-bond donors (Lipinski definition) is 1. The Hall–Kier alpha value is -1.88. The zero-order valence-corrected chi connectivity index (χ0v) is 12.6. The van der Waals surface area contributed by atoms with Crippen molar-refractivity contribution in [3.05, 3.63) is 35.9 Å². The molecule has 0 bridgehead atoms. The van der Waals surface area contributed by atoms with Gasteiger partial charge in [0.1, 0.15) is 0 Å². The van der Waals surface area contributed by atoms with Crippen LogP contribution in [0.1, 0.15) is 36.0 Å². The van der Waals surface area contributed by atoms with Crippen molar-refractivity contribution in [2.24, 2.45) is 0 Å². The lowest BCUT2D eigenvalue weighted by Gasteiger charge is -2.30. The molecule has 1 aromatic rings. The van der Waals surface area contributed by atoms with Crippen LogP contribution in [0.5, 0.6) is 0 Å². The van der Waals surface area contributed by atoms with Gasteiger partial charge in [0.25, 0.3) is 11.8 Å². The number of rotatable bonds is 3. The molecule has 5 nitrogen and oxygen atoms in total. The highest BCUT2D eigenvalue weighted by molar-refractivity contribution is 5.95. The van der Waals surface area contributed by atoms with Gasteiger partial charge >= 0.3 is 0 Å². The average Bonchev–Trinajstić information content (AvgIpc) is 3.24. The van der Waals surface area contributed by atoms with E-state index in [1.54, 1.807) is 21.9 Å². The van der Waals surface area contributed by atoms with Crippen molar-refractivity contribution in [2.45, 2.75) is 37.8 Å². The Labute approximate surface area is 130 Å². The van der Waals surface area contributed by atoms with Gasteiger partial charge in [-0.2, -0.15) is 0 Å². The summed E-state index contributed by atoms with van der Waals surface area (Å²) >= 11 is 0. The highest BCUT2D eigenvalue weighted by Gasteiger charge is 2.39. The fourth-order valence-electron chi connectivity index (χ4n) is 3.41. The van der Waals surface area contributed by atoms with Crippen LogP contribution >= 0.6 is 0 Å². The van der Waals surface area contributed by atoms with Crippen LogP contribution < -0.4 is 0 Å². The Morgan fingerprint density at radius 1 is 1.05 bits per heavy atom. The summed E-state index contributed by atoms with van der Waals surface area (Å²) in [5.41, 5.74) is 0.607. The molecule has 118 valence electrons. The first-order valence-electron chi connectivity index (χ1n) is 8.01. The molecule has 3 rings (SSSR count). The maximum absolute atomic E-state index is 12.6. The highest BCUT2D eigenvalue weighted by Crippen LogP contribution is 2.24. The van der Waals surface area contributed by atoms with E-state index in [1.807, 2.05) is 18.2 Å². The lowest BCUT2D eigenvalue weighted by atomic mass is 10.1. The Bertz CT molecular complexity index is 540. The fraction of sp³-hybridized carbons (Fsp3) is 0.529. The molecule has 1 unspecified atom stereocenters. The van der Waals surface area contributed by atoms with Crippen molar-refractivity contribution in [1.29, 1.82) is 0 Å². The lowest BCUT2D eigenvalue weighted by Crippen LogP contribution is -2.50. The third kappa shape index (κ3) is 2.86. The smallest absolute Gasteiger partial charge is 0.254 e. The van der Waals surface area contributed by atoms with Crippen LogP contribution in [0.4, 0.5) is 0 Å². The highest BCUT2D eigenvalue weighted by atomic mass is 16.3. The van der Waals surface area contributed by atoms with Gasteiger partial charge < -0.3 is 14.9 Å². The van der Waals surface area contributed by atoms with Crippen LogP contribution in [0.2, 0.25) is 0 Å². The monoisotopic (exact) mass is 302 g/mol. The van der Waals surface area contributed by atoms with E-state index in [0.717, 1.165) is 32.4 Å². The van der Waals surface area contributed by atoms with E-state index in [4.69, 9.17) is 0 Å². The second kappa shape index (κ2) is 6.48. The summed E-state index contributed by atoms with van der Waals surface area (Å²) in [5, 5.41) is 10.5. The maximum Gasteiger partial charge on any atom is 0.254 e. The second-order valence-corrected chi connectivity index (χ2v) is 6.05. The number of benzene rings is 1. The third-order valence-corrected chi connectivity index (χ3v) is 4.62. The van der Waals surface area contributed by atoms with Gasteiger partial charge in [-0.05, 0) is 37.8 Å². The summed E-state index contributed by atoms with van der Waals surface area (Å²) in [6, 6.07) is 8.65. The number of carbonyl (C=O) groups is 2. The molecule has 2 amide bonds. The van der Waals surface area contributed by atoms with Gasteiger partial charge in [0.2, 0.25) is 0 Å². The van der Waals surface area contributed by atoms with Crippen LogP contribution in [0.3, 0.4) is 0 Å². The standard InChI is InChI=1S/C17H22N2O3/c20-15(17(22)18-10-4-5-11-18)14-9-6-12-19(14)16(21)13-7-2-1-3-8-13/h1-3,7-8,14-15,20H,4-6,9-12H2/t14-,15?/m0/s1. The number of aliphatic hydroxyl groups excluding tert-OH is 1. The number of amides is 2. The molecule has 0 aromatic heterocycles. The molecule has 2 heterocycles. The average molecular weight is 302 g/mol. The largest absolute Gasteiger partial charge is 0.381 e. The maximum atomic E-state index is 12.6. The molecule has 2 atom stereocenters. The molecule has 0 saturated carbocycles. The molecule has 1 N–H and O–H groups in total. The molecular formula is C17H22N2O3. The Kier molecular flexibility index (Phi) is 4.43. The minimum absolute atomic E-state index is 0.101. The summed E-state index contributed by atoms with van der Waals surface area (Å²) in [6.45, 7) is 2.03. The molecular weight excluding hydrogens is 280 g/mol. The van der Waals surface area contributed by atoms with Crippen LogP contribution in [0.25, 0.3) is 0 Å². The Balaban J connectivity index is 1.72. The van der Waals surface area contributed by atoms with Crippen LogP contribution in [-0.4, -0.2) is 58.5 Å². The van der Waals surface area contributed by atoms with Gasteiger partial charge in [-0.1, -0.05) is 18.2 Å². The Morgan fingerprint density at radius 2 is 1.73 bits per heavy atom. The van der Waals surface area contributed by atoms with E-state index in [2.05, 4.69) is 0 Å². The number of hydrogen-bond acceptors (Lipinski definition) is 3. The minimum atomic E-state index is -1.10. The summed E-state index contributed by atoms with van der Waals surface area (Å²) < 4.78 is 0. The number of carbonyl (C=O) groups excluding carboxylic acids is 2. The van der Waals surface area contributed by atoms with E-state index >= 15 is 0 Å². The second-order valence-electron chi connectivity index (χ2n) is 6.05. The SMILES string of the molecule is O=C(C(O)[C@@H]1CCCN1C(=O)c1ccccc1)N1CCCC1. The van der Waals surface area contributed by atoms with Crippen molar-refractivity contribution in [2.75, 3.05) is 19.6 Å². The summed E-state index contributed by atoms with van der Waals surface area (Å²) in [7, 11) is 0. The quantitative estimate of drug-likeness (QED) is 0.915. The van der Waals surface area contributed by atoms with E-state index < -0.39 is 12.1 Å². The molecule has 22 heavy (non-hydrogen) atoms. The minimum Gasteiger partial charge on any atom is -0.381 e. The normalized spacial score (nSPS) is 22.9. The molecule has 1 aromatic carbocycles. The van der Waals surface area contributed by atoms with E-state index in [9.17, 15) is 14.7 Å². The van der Waals surface area contributed by atoms with Crippen molar-refractivity contribution in [3.8, 4) is 0 Å². The number of aliphatic hydroxyl groups is 1. The zero-order valence-electron chi connectivity index (χ0n) is 12.6. The predicted octanol–water partition coefficient (Wildman–Crippen LogP) is 1.27. The van der Waals surface area contributed by atoms with Gasteiger partial charge in [0, 0.05) is 25.2 Å². The van der Waals surface area contributed by atoms with Gasteiger partial charge in [0.05, 0.1) is 6.04 Å². The fourth-order valence-corrected chi connectivity index (χ4v) is 3.41. The summed E-state index contributed by atoms with van der Waals surface area (Å²) in [6.07, 6.45) is 2.40. The summed E-state index contributed by atoms with van der Waals surface area (Å²) in [5.74, 6) is -0.327. The molecule has 2 fully saturated rings. The number of likely N-dealkylation sites (tertiary alicyclic amines) is 2. The van der Waals surface area contributed by atoms with E-state index in [0.29, 0.717) is 18.5 Å². The molecule has 0 aliphatic carbocycles. The van der Waals surface area contributed by atoms with Crippen LogP contribution in [-0.2, 0) is 4.79 Å². The summed E-state index contributed by atoms with van der Waals surface area (Å²) in [4.78, 5) is 28.3. The molecule has 5 heteroatoms. The molecule has 2 saturated heterocycles. The first-order chi connectivity index (χ1) is 10.7. The van der Waals surface area contributed by atoms with Gasteiger partial charge in [-0.15, -0.1) is 0 Å². The van der Waals surface area contributed by atoms with E-state index in [1.165, 1.54) is 0 Å². The van der Waals surface area contributed by atoms with E-state index in [-0.39, 0.29) is 11.8 Å². The third-order valence-electron chi connectivity index (χ3n) is 4.62. The van der Waals surface area contributed by atoms with Crippen LogP contribution in [0.15, 0.2) is 30.3 Å². The van der Waals surface area contributed by atoms with Gasteiger partial charge in [-0.25, -0.2) is 0 Å². The zero-order chi connectivity index (χ0) is 15.5. The lowest BCUT2D eigenvalue weighted by molar-refractivity contribution is -0.141. The van der Waals surface area contributed by atoms with Gasteiger partial charge in [0.15, 0.2) is 6.10 Å². The van der Waals surface area contributed by atoms with Crippen molar-refractivity contribution in [3.63, 3.8) is 0 Å². The first-order valence-corrected chi connectivity index (χ1v) is 8.01. The molecule has 0 spiro atoms. The van der Waals surface area contributed by atoms with Crippen molar-refractivity contribution in [1.82, 2.24) is 9.80 Å². The first kappa shape index (κ1) is 15.0.